The number of nitrogens with one attached hydrogen (secondary N) is 1. The lowest BCUT2D eigenvalue weighted by atomic mass is 10.1. The first-order valence-electron chi connectivity index (χ1n) is 8.10. The van der Waals surface area contributed by atoms with Crippen LogP contribution in [0.3, 0.4) is 0 Å². The van der Waals surface area contributed by atoms with Crippen molar-refractivity contribution in [1.29, 1.82) is 0 Å². The predicted molar refractivity (Wildman–Crippen MR) is 94.9 cm³/mol. The molecule has 0 saturated carbocycles. The first kappa shape index (κ1) is 16.2. The fourth-order valence-electron chi connectivity index (χ4n) is 2.83. The van der Waals surface area contributed by atoms with Gasteiger partial charge < -0.3 is 4.57 Å². The zero-order valence-corrected chi connectivity index (χ0v) is 14.6. The number of rotatable bonds is 4. The van der Waals surface area contributed by atoms with Crippen molar-refractivity contribution in [3.8, 4) is 0 Å². The van der Waals surface area contributed by atoms with Crippen molar-refractivity contribution in [2.45, 2.75) is 39.2 Å². The number of fused-ring (bicyclic) bond motifs is 1. The molecule has 2 aromatic heterocycles. The summed E-state index contributed by atoms with van der Waals surface area (Å²) < 4.78 is 3.82. The minimum Gasteiger partial charge on any atom is -0.305 e. The summed E-state index contributed by atoms with van der Waals surface area (Å²) in [4.78, 5) is 16.9. The maximum Gasteiger partial charge on any atom is 0.227 e. The Morgan fingerprint density at radius 1 is 1.25 bits per heavy atom. The highest BCUT2D eigenvalue weighted by Gasteiger charge is 2.22. The van der Waals surface area contributed by atoms with Crippen molar-refractivity contribution < 1.29 is 4.79 Å². The minimum atomic E-state index is -0.179. The molecule has 1 N–H and O–H groups in total. The second-order valence-electron chi connectivity index (χ2n) is 7.00. The van der Waals surface area contributed by atoms with Crippen molar-refractivity contribution in [1.82, 2.24) is 19.3 Å². The van der Waals surface area contributed by atoms with E-state index in [1.54, 1.807) is 10.9 Å². The third kappa shape index (κ3) is 3.32. The van der Waals surface area contributed by atoms with Crippen LogP contribution in [-0.4, -0.2) is 25.2 Å². The lowest BCUT2D eigenvalue weighted by Gasteiger charge is -2.24. The van der Waals surface area contributed by atoms with Gasteiger partial charge in [-0.1, -0.05) is 12.1 Å². The Hall–Kier alpha value is -2.63. The lowest BCUT2D eigenvalue weighted by Crippen LogP contribution is -2.26. The number of anilines is 1. The van der Waals surface area contributed by atoms with Crippen LogP contribution < -0.4 is 5.32 Å². The SMILES string of the molecule is Cn1cc(CCC(=O)Nc2nc3ccccc3n2C(C)(C)C)cn1. The highest BCUT2D eigenvalue weighted by atomic mass is 16.1. The number of aryl methyl sites for hydroxylation is 2. The van der Waals surface area contributed by atoms with Gasteiger partial charge in [0.25, 0.3) is 0 Å². The molecule has 0 saturated heterocycles. The van der Waals surface area contributed by atoms with E-state index in [2.05, 4.69) is 40.7 Å². The molecular weight excluding hydrogens is 302 g/mol. The smallest absolute Gasteiger partial charge is 0.227 e. The van der Waals surface area contributed by atoms with E-state index in [0.717, 1.165) is 16.6 Å². The largest absolute Gasteiger partial charge is 0.305 e. The van der Waals surface area contributed by atoms with Gasteiger partial charge in [-0.05, 0) is 44.9 Å². The second kappa shape index (κ2) is 6.11. The lowest BCUT2D eigenvalue weighted by molar-refractivity contribution is -0.116. The highest BCUT2D eigenvalue weighted by molar-refractivity contribution is 5.91. The monoisotopic (exact) mass is 325 g/mol. The zero-order chi connectivity index (χ0) is 17.3. The number of carbonyl (C=O) groups excluding carboxylic acids is 1. The Bertz CT molecular complexity index is 869. The number of para-hydroxylation sites is 2. The Morgan fingerprint density at radius 2 is 2.00 bits per heavy atom. The predicted octanol–water partition coefficient (Wildman–Crippen LogP) is 3.10. The molecule has 2 heterocycles. The van der Waals surface area contributed by atoms with E-state index in [-0.39, 0.29) is 11.4 Å². The molecule has 1 amide bonds. The van der Waals surface area contributed by atoms with Crippen LogP contribution in [0.15, 0.2) is 36.7 Å². The molecule has 0 unspecified atom stereocenters. The number of hydrogen-bond acceptors (Lipinski definition) is 3. The fourth-order valence-corrected chi connectivity index (χ4v) is 2.83. The third-order valence-corrected chi connectivity index (χ3v) is 3.88. The van der Waals surface area contributed by atoms with E-state index < -0.39 is 0 Å². The number of imidazole rings is 1. The Labute approximate surface area is 141 Å². The first-order valence-corrected chi connectivity index (χ1v) is 8.10. The molecule has 1 aromatic carbocycles. The number of nitrogens with zero attached hydrogens (tertiary/aromatic N) is 4. The molecule has 0 aliphatic carbocycles. The number of aromatic nitrogens is 4. The molecule has 6 heteroatoms. The summed E-state index contributed by atoms with van der Waals surface area (Å²) in [6.07, 6.45) is 4.78. The van der Waals surface area contributed by atoms with Gasteiger partial charge in [0.15, 0.2) is 0 Å². The molecule has 3 rings (SSSR count). The number of benzene rings is 1. The molecule has 126 valence electrons. The van der Waals surface area contributed by atoms with Crippen molar-refractivity contribution in [3.05, 3.63) is 42.2 Å². The Morgan fingerprint density at radius 3 is 2.67 bits per heavy atom. The average molecular weight is 325 g/mol. The van der Waals surface area contributed by atoms with E-state index in [0.29, 0.717) is 18.8 Å². The summed E-state index contributed by atoms with van der Waals surface area (Å²) in [5, 5.41) is 7.09. The summed E-state index contributed by atoms with van der Waals surface area (Å²) >= 11 is 0. The molecule has 3 aromatic rings. The summed E-state index contributed by atoms with van der Waals surface area (Å²) in [6.45, 7) is 6.31. The van der Waals surface area contributed by atoms with Gasteiger partial charge in [0, 0.05) is 25.2 Å². The Balaban J connectivity index is 1.80. The van der Waals surface area contributed by atoms with Crippen molar-refractivity contribution in [2.75, 3.05) is 5.32 Å². The summed E-state index contributed by atoms with van der Waals surface area (Å²) in [5.74, 6) is 0.555. The average Bonchev–Trinajstić information content (AvgIpc) is 3.07. The van der Waals surface area contributed by atoms with Crippen LogP contribution in [0, 0.1) is 0 Å². The van der Waals surface area contributed by atoms with Gasteiger partial charge >= 0.3 is 0 Å². The summed E-state index contributed by atoms with van der Waals surface area (Å²) in [5.41, 5.74) is 2.78. The third-order valence-electron chi connectivity index (χ3n) is 3.88. The van der Waals surface area contributed by atoms with Crippen LogP contribution in [0.5, 0.6) is 0 Å². The molecule has 0 fully saturated rings. The quantitative estimate of drug-likeness (QED) is 0.801. The molecule has 0 bridgehead atoms. The number of hydrogen-bond donors (Lipinski definition) is 1. The van der Waals surface area contributed by atoms with Gasteiger partial charge in [0.05, 0.1) is 17.2 Å². The van der Waals surface area contributed by atoms with Gasteiger partial charge in [0.1, 0.15) is 0 Å². The standard InChI is InChI=1S/C18H23N5O/c1-18(2,3)23-15-8-6-5-7-14(15)20-17(23)21-16(24)10-9-13-11-19-22(4)12-13/h5-8,11-12H,9-10H2,1-4H3,(H,20,21,24). The van der Waals surface area contributed by atoms with Gasteiger partial charge in [-0.25, -0.2) is 4.98 Å². The molecule has 0 atom stereocenters. The van der Waals surface area contributed by atoms with Crippen molar-refractivity contribution >= 4 is 22.9 Å². The van der Waals surface area contributed by atoms with E-state index in [1.165, 1.54) is 0 Å². The topological polar surface area (TPSA) is 64.7 Å². The molecule has 0 aliphatic rings. The van der Waals surface area contributed by atoms with Crippen LogP contribution in [0.25, 0.3) is 11.0 Å². The molecule has 24 heavy (non-hydrogen) atoms. The minimum absolute atomic E-state index is 0.0420. The van der Waals surface area contributed by atoms with E-state index >= 15 is 0 Å². The summed E-state index contributed by atoms with van der Waals surface area (Å²) in [6, 6.07) is 7.93. The van der Waals surface area contributed by atoms with E-state index in [1.807, 2.05) is 37.5 Å². The number of amides is 1. The number of carbonyl (C=O) groups is 1. The van der Waals surface area contributed by atoms with E-state index in [4.69, 9.17) is 0 Å². The maximum absolute atomic E-state index is 12.4. The normalized spacial score (nSPS) is 11.8. The van der Waals surface area contributed by atoms with Crippen LogP contribution in [-0.2, 0) is 23.8 Å². The molecule has 0 spiro atoms. The van der Waals surface area contributed by atoms with E-state index in [9.17, 15) is 4.79 Å². The maximum atomic E-state index is 12.4. The molecule has 0 aliphatic heterocycles. The Kier molecular flexibility index (Phi) is 4.13. The molecule has 6 nitrogen and oxygen atoms in total. The van der Waals surface area contributed by atoms with Crippen LogP contribution >= 0.6 is 0 Å². The van der Waals surface area contributed by atoms with Gasteiger partial charge in [0.2, 0.25) is 11.9 Å². The molecule has 0 radical (unpaired) electrons. The van der Waals surface area contributed by atoms with Crippen molar-refractivity contribution in [2.24, 2.45) is 7.05 Å². The zero-order valence-electron chi connectivity index (χ0n) is 14.6. The fraction of sp³-hybridized carbons (Fsp3) is 0.389. The van der Waals surface area contributed by atoms with Gasteiger partial charge in [-0.3, -0.25) is 14.8 Å². The first-order chi connectivity index (χ1) is 11.3. The second-order valence-corrected chi connectivity index (χ2v) is 7.00. The summed E-state index contributed by atoms with van der Waals surface area (Å²) in [7, 11) is 1.87. The van der Waals surface area contributed by atoms with Crippen molar-refractivity contribution in [3.63, 3.8) is 0 Å². The highest BCUT2D eigenvalue weighted by Crippen LogP contribution is 2.27. The van der Waals surface area contributed by atoms with Gasteiger partial charge in [-0.15, -0.1) is 0 Å². The van der Waals surface area contributed by atoms with Crippen LogP contribution in [0.4, 0.5) is 5.95 Å². The van der Waals surface area contributed by atoms with Crippen LogP contribution in [0.2, 0.25) is 0 Å². The van der Waals surface area contributed by atoms with Gasteiger partial charge in [-0.2, -0.15) is 5.10 Å². The molecular formula is C18H23N5O. The van der Waals surface area contributed by atoms with Crippen LogP contribution in [0.1, 0.15) is 32.8 Å².